The fraction of sp³-hybridized carbons (Fsp3) is 0.308. The standard InChI is InChI=1S/C13H12ClF3N2O/c14-12(8-20-9-13(15,16)17)10-6-18-19(7-10)11-4-2-1-3-5-11/h1-7,12H,8-9H2. The predicted molar refractivity (Wildman–Crippen MR) is 69.0 cm³/mol. The van der Waals surface area contributed by atoms with Crippen LogP contribution in [-0.4, -0.2) is 29.2 Å². The molecule has 1 unspecified atom stereocenters. The minimum Gasteiger partial charge on any atom is -0.370 e. The van der Waals surface area contributed by atoms with Crippen LogP contribution in [0.1, 0.15) is 10.9 Å². The first kappa shape index (κ1) is 14.9. The molecular weight excluding hydrogens is 293 g/mol. The van der Waals surface area contributed by atoms with E-state index in [2.05, 4.69) is 9.84 Å². The second-order valence-corrected chi connectivity index (χ2v) is 4.68. The Bertz CT molecular complexity index is 542. The molecule has 0 radical (unpaired) electrons. The third kappa shape index (κ3) is 4.25. The largest absolute Gasteiger partial charge is 0.411 e. The third-order valence-corrected chi connectivity index (χ3v) is 2.89. The monoisotopic (exact) mass is 304 g/mol. The summed E-state index contributed by atoms with van der Waals surface area (Å²) in [5, 5.41) is 3.45. The van der Waals surface area contributed by atoms with Crippen LogP contribution in [0.5, 0.6) is 0 Å². The Morgan fingerprint density at radius 2 is 1.95 bits per heavy atom. The first-order valence-corrected chi connectivity index (χ1v) is 6.28. The zero-order chi connectivity index (χ0) is 14.6. The lowest BCUT2D eigenvalue weighted by atomic mass is 10.2. The molecule has 0 aliphatic rings. The molecule has 0 N–H and O–H groups in total. The van der Waals surface area contributed by atoms with Gasteiger partial charge in [-0.1, -0.05) is 18.2 Å². The number of halogens is 4. The topological polar surface area (TPSA) is 27.1 Å². The molecule has 7 heteroatoms. The van der Waals surface area contributed by atoms with Crippen LogP contribution in [0.15, 0.2) is 42.7 Å². The molecule has 1 heterocycles. The molecule has 1 aromatic carbocycles. The summed E-state index contributed by atoms with van der Waals surface area (Å²) in [4.78, 5) is 0. The molecule has 0 aliphatic carbocycles. The van der Waals surface area contributed by atoms with Crippen LogP contribution in [0.2, 0.25) is 0 Å². The highest BCUT2D eigenvalue weighted by molar-refractivity contribution is 6.20. The van der Waals surface area contributed by atoms with Gasteiger partial charge in [-0.25, -0.2) is 4.68 Å². The maximum Gasteiger partial charge on any atom is 0.411 e. The number of ether oxygens (including phenoxy) is 1. The lowest BCUT2D eigenvalue weighted by Crippen LogP contribution is -2.18. The Morgan fingerprint density at radius 3 is 2.60 bits per heavy atom. The van der Waals surface area contributed by atoms with Crippen molar-refractivity contribution in [1.29, 1.82) is 0 Å². The molecule has 1 atom stereocenters. The van der Waals surface area contributed by atoms with Crippen molar-refractivity contribution in [2.75, 3.05) is 13.2 Å². The number of alkyl halides is 4. The van der Waals surface area contributed by atoms with Gasteiger partial charge in [-0.15, -0.1) is 11.6 Å². The molecule has 0 bridgehead atoms. The molecule has 0 saturated heterocycles. The fourth-order valence-corrected chi connectivity index (χ4v) is 1.80. The van der Waals surface area contributed by atoms with Crippen LogP contribution in [0, 0.1) is 0 Å². The molecule has 2 aromatic rings. The average molecular weight is 305 g/mol. The lowest BCUT2D eigenvalue weighted by molar-refractivity contribution is -0.173. The molecule has 1 aromatic heterocycles. The molecule has 0 saturated carbocycles. The smallest absolute Gasteiger partial charge is 0.370 e. The van der Waals surface area contributed by atoms with E-state index in [9.17, 15) is 13.2 Å². The van der Waals surface area contributed by atoms with Crippen LogP contribution in [-0.2, 0) is 4.74 Å². The van der Waals surface area contributed by atoms with Crippen molar-refractivity contribution in [3.63, 3.8) is 0 Å². The molecule has 108 valence electrons. The zero-order valence-electron chi connectivity index (χ0n) is 10.3. The molecule has 20 heavy (non-hydrogen) atoms. The number of hydrogen-bond acceptors (Lipinski definition) is 2. The number of hydrogen-bond donors (Lipinski definition) is 0. The maximum atomic E-state index is 11.9. The normalized spacial score (nSPS) is 13.4. The van der Waals surface area contributed by atoms with Gasteiger partial charge in [-0.3, -0.25) is 0 Å². The summed E-state index contributed by atoms with van der Waals surface area (Å²) < 4.78 is 42.0. The number of aromatic nitrogens is 2. The molecule has 0 fully saturated rings. The van der Waals surface area contributed by atoms with Gasteiger partial charge in [0, 0.05) is 11.8 Å². The van der Waals surface area contributed by atoms with Crippen LogP contribution >= 0.6 is 11.6 Å². The molecule has 0 aliphatic heterocycles. The Morgan fingerprint density at radius 1 is 1.25 bits per heavy atom. The van der Waals surface area contributed by atoms with E-state index in [0.717, 1.165) is 5.69 Å². The quantitative estimate of drug-likeness (QED) is 0.787. The van der Waals surface area contributed by atoms with Crippen molar-refractivity contribution in [2.45, 2.75) is 11.6 Å². The fourth-order valence-electron chi connectivity index (χ4n) is 1.59. The van der Waals surface area contributed by atoms with Crippen molar-refractivity contribution in [3.05, 3.63) is 48.3 Å². The van der Waals surface area contributed by atoms with E-state index in [0.29, 0.717) is 5.56 Å². The van der Waals surface area contributed by atoms with E-state index in [1.54, 1.807) is 10.9 Å². The Balaban J connectivity index is 1.95. The first-order valence-electron chi connectivity index (χ1n) is 5.84. The zero-order valence-corrected chi connectivity index (χ0v) is 11.1. The summed E-state index contributed by atoms with van der Waals surface area (Å²) in [6, 6.07) is 9.33. The predicted octanol–water partition coefficient (Wildman–Crippen LogP) is 3.73. The van der Waals surface area contributed by atoms with Gasteiger partial charge < -0.3 is 4.74 Å². The molecule has 0 spiro atoms. The first-order chi connectivity index (χ1) is 9.46. The minimum absolute atomic E-state index is 0.221. The van der Waals surface area contributed by atoms with Crippen molar-refractivity contribution in [3.8, 4) is 5.69 Å². The van der Waals surface area contributed by atoms with E-state index in [1.165, 1.54) is 6.20 Å². The minimum atomic E-state index is -4.34. The average Bonchev–Trinajstić information content (AvgIpc) is 2.88. The van der Waals surface area contributed by atoms with E-state index in [1.807, 2.05) is 30.3 Å². The molecular formula is C13H12ClF3N2O. The van der Waals surface area contributed by atoms with Crippen LogP contribution in [0.3, 0.4) is 0 Å². The summed E-state index contributed by atoms with van der Waals surface area (Å²) in [6.45, 7) is -1.52. The second-order valence-electron chi connectivity index (χ2n) is 4.15. The van der Waals surface area contributed by atoms with E-state index in [-0.39, 0.29) is 6.61 Å². The van der Waals surface area contributed by atoms with Crippen LogP contribution in [0.25, 0.3) is 5.69 Å². The Kier molecular flexibility index (Phi) is 4.67. The lowest BCUT2D eigenvalue weighted by Gasteiger charge is -2.10. The highest BCUT2D eigenvalue weighted by Crippen LogP contribution is 2.23. The van der Waals surface area contributed by atoms with Crippen LogP contribution < -0.4 is 0 Å². The van der Waals surface area contributed by atoms with E-state index >= 15 is 0 Å². The summed E-state index contributed by atoms with van der Waals surface area (Å²) in [5.41, 5.74) is 1.46. The van der Waals surface area contributed by atoms with Gasteiger partial charge in [-0.05, 0) is 12.1 Å². The summed E-state index contributed by atoms with van der Waals surface area (Å²) in [6.07, 6.45) is -1.16. The number of para-hydroxylation sites is 1. The van der Waals surface area contributed by atoms with E-state index in [4.69, 9.17) is 11.6 Å². The maximum absolute atomic E-state index is 11.9. The van der Waals surface area contributed by atoms with Crippen molar-refractivity contribution in [1.82, 2.24) is 9.78 Å². The van der Waals surface area contributed by atoms with Gasteiger partial charge >= 0.3 is 6.18 Å². The van der Waals surface area contributed by atoms with Gasteiger partial charge in [0.1, 0.15) is 6.61 Å². The third-order valence-electron chi connectivity index (χ3n) is 2.51. The highest BCUT2D eigenvalue weighted by Gasteiger charge is 2.28. The molecule has 2 rings (SSSR count). The van der Waals surface area contributed by atoms with Gasteiger partial charge in [0.25, 0.3) is 0 Å². The summed E-state index contributed by atoms with van der Waals surface area (Å²) in [7, 11) is 0. The van der Waals surface area contributed by atoms with Crippen molar-refractivity contribution < 1.29 is 17.9 Å². The number of nitrogens with zero attached hydrogens (tertiary/aromatic N) is 2. The van der Waals surface area contributed by atoms with E-state index < -0.39 is 18.2 Å². The van der Waals surface area contributed by atoms with Crippen molar-refractivity contribution in [2.24, 2.45) is 0 Å². The molecule has 3 nitrogen and oxygen atoms in total. The second kappa shape index (κ2) is 6.28. The van der Waals surface area contributed by atoms with Gasteiger partial charge in [-0.2, -0.15) is 18.3 Å². The summed E-state index contributed by atoms with van der Waals surface area (Å²) >= 11 is 5.99. The summed E-state index contributed by atoms with van der Waals surface area (Å²) in [5.74, 6) is 0. The number of rotatable bonds is 5. The number of benzene rings is 1. The van der Waals surface area contributed by atoms with Crippen molar-refractivity contribution >= 4 is 11.6 Å². The van der Waals surface area contributed by atoms with Gasteiger partial charge in [0.05, 0.1) is 23.9 Å². The Hall–Kier alpha value is -1.53. The van der Waals surface area contributed by atoms with Crippen LogP contribution in [0.4, 0.5) is 13.2 Å². The highest BCUT2D eigenvalue weighted by atomic mass is 35.5. The van der Waals surface area contributed by atoms with Gasteiger partial charge in [0.2, 0.25) is 0 Å². The van der Waals surface area contributed by atoms with Gasteiger partial charge in [0.15, 0.2) is 0 Å². The SMILES string of the molecule is FC(F)(F)COCC(Cl)c1cnn(-c2ccccc2)c1. The molecule has 0 amide bonds. The Labute approximate surface area is 118 Å².